The van der Waals surface area contributed by atoms with Crippen LogP contribution in [0.1, 0.15) is 5.56 Å². The molecule has 0 atom stereocenters. The van der Waals surface area contributed by atoms with Gasteiger partial charge < -0.3 is 15.5 Å². The third kappa shape index (κ3) is 3.33. The van der Waals surface area contributed by atoms with Gasteiger partial charge in [0.1, 0.15) is 6.33 Å². The molecule has 0 aliphatic heterocycles. The molecule has 2 aromatic rings. The molecule has 0 spiro atoms. The zero-order valence-corrected chi connectivity index (χ0v) is 11.9. The number of hydrazine groups is 1. The highest BCUT2D eigenvalue weighted by Crippen LogP contribution is 2.28. The molecule has 1 aromatic carbocycles. The molecule has 0 radical (unpaired) electrons. The zero-order valence-electron chi connectivity index (χ0n) is 10.4. The maximum atomic E-state index is 5.37. The molecule has 19 heavy (non-hydrogen) atoms. The molecule has 4 N–H and O–H groups in total. The highest BCUT2D eigenvalue weighted by molar-refractivity contribution is 9.10. The number of ether oxygens (including phenoxy) is 1. The normalized spacial score (nSPS) is 10.1. The van der Waals surface area contributed by atoms with Gasteiger partial charge in [-0.15, -0.1) is 0 Å². The van der Waals surface area contributed by atoms with Gasteiger partial charge in [-0.05, 0) is 17.7 Å². The van der Waals surface area contributed by atoms with Gasteiger partial charge in [-0.2, -0.15) is 0 Å². The number of benzene rings is 1. The molecule has 0 aliphatic rings. The first-order valence-electron chi connectivity index (χ1n) is 5.58. The standard InChI is InChI=1S/C12H14BrN5O/c1-19-10-11(16-7-17-12(10)18-14)15-6-8-2-4-9(13)5-3-8/h2-5,7H,6,14H2,1H3,(H2,15,16,17,18). The fourth-order valence-electron chi connectivity index (χ4n) is 1.58. The van der Waals surface area contributed by atoms with Crippen molar-refractivity contribution in [2.75, 3.05) is 17.9 Å². The van der Waals surface area contributed by atoms with E-state index in [0.29, 0.717) is 23.9 Å². The fraction of sp³-hybridized carbons (Fsp3) is 0.167. The van der Waals surface area contributed by atoms with Crippen LogP contribution in [-0.4, -0.2) is 17.1 Å². The minimum Gasteiger partial charge on any atom is -0.490 e. The number of halogens is 1. The summed E-state index contributed by atoms with van der Waals surface area (Å²) < 4.78 is 6.28. The van der Waals surface area contributed by atoms with E-state index in [2.05, 4.69) is 36.6 Å². The number of aromatic nitrogens is 2. The molecule has 0 unspecified atom stereocenters. The summed E-state index contributed by atoms with van der Waals surface area (Å²) >= 11 is 3.40. The molecule has 2 rings (SSSR count). The predicted molar refractivity (Wildman–Crippen MR) is 77.9 cm³/mol. The Kier molecular flexibility index (Phi) is 4.53. The van der Waals surface area contributed by atoms with Gasteiger partial charge in [-0.1, -0.05) is 28.1 Å². The number of hydrogen-bond donors (Lipinski definition) is 3. The molecule has 100 valence electrons. The molecule has 0 amide bonds. The van der Waals surface area contributed by atoms with Crippen LogP contribution >= 0.6 is 15.9 Å². The molecule has 0 fully saturated rings. The highest BCUT2D eigenvalue weighted by atomic mass is 79.9. The first-order valence-corrected chi connectivity index (χ1v) is 6.38. The zero-order chi connectivity index (χ0) is 13.7. The molecule has 0 bridgehead atoms. The summed E-state index contributed by atoms with van der Waals surface area (Å²) in [6.07, 6.45) is 1.42. The van der Waals surface area contributed by atoms with E-state index in [-0.39, 0.29) is 0 Å². The quantitative estimate of drug-likeness (QED) is 0.577. The molecule has 0 saturated heterocycles. The first kappa shape index (κ1) is 13.6. The second-order valence-electron chi connectivity index (χ2n) is 3.73. The van der Waals surface area contributed by atoms with Gasteiger partial charge in [0.15, 0.2) is 11.6 Å². The van der Waals surface area contributed by atoms with Gasteiger partial charge in [0.2, 0.25) is 5.75 Å². The third-order valence-corrected chi connectivity index (χ3v) is 3.05. The van der Waals surface area contributed by atoms with Gasteiger partial charge >= 0.3 is 0 Å². The molecule has 1 heterocycles. The van der Waals surface area contributed by atoms with E-state index >= 15 is 0 Å². The van der Waals surface area contributed by atoms with E-state index in [9.17, 15) is 0 Å². The van der Waals surface area contributed by atoms with Gasteiger partial charge in [-0.25, -0.2) is 15.8 Å². The Hall–Kier alpha value is -1.86. The van der Waals surface area contributed by atoms with Gasteiger partial charge in [0, 0.05) is 11.0 Å². The maximum absolute atomic E-state index is 5.37. The second-order valence-corrected chi connectivity index (χ2v) is 4.64. The molecule has 6 nitrogen and oxygen atoms in total. The van der Waals surface area contributed by atoms with Gasteiger partial charge in [0.05, 0.1) is 7.11 Å². The summed E-state index contributed by atoms with van der Waals surface area (Å²) in [5.74, 6) is 6.89. The van der Waals surface area contributed by atoms with E-state index < -0.39 is 0 Å². The van der Waals surface area contributed by atoms with Crippen molar-refractivity contribution in [3.8, 4) is 5.75 Å². The lowest BCUT2D eigenvalue weighted by Gasteiger charge is -2.12. The monoisotopic (exact) mass is 323 g/mol. The van der Waals surface area contributed by atoms with E-state index in [0.717, 1.165) is 10.0 Å². The van der Waals surface area contributed by atoms with Crippen molar-refractivity contribution in [2.45, 2.75) is 6.54 Å². The minimum absolute atomic E-state index is 0.441. The molecule has 1 aromatic heterocycles. The number of nitrogens with two attached hydrogens (primary N) is 1. The minimum atomic E-state index is 0.441. The number of nitrogens with one attached hydrogen (secondary N) is 2. The summed E-state index contributed by atoms with van der Waals surface area (Å²) in [5.41, 5.74) is 3.60. The van der Waals surface area contributed by atoms with Crippen LogP contribution in [0.2, 0.25) is 0 Å². The van der Waals surface area contributed by atoms with E-state index in [1.54, 1.807) is 7.11 Å². The van der Waals surface area contributed by atoms with Crippen LogP contribution in [-0.2, 0) is 6.54 Å². The highest BCUT2D eigenvalue weighted by Gasteiger charge is 2.10. The Bertz CT molecular complexity index is 546. The molecular formula is C12H14BrN5O. The number of nitrogens with zero attached hydrogens (tertiary/aromatic N) is 2. The third-order valence-electron chi connectivity index (χ3n) is 2.52. The number of rotatable bonds is 5. The Balaban J connectivity index is 2.13. The van der Waals surface area contributed by atoms with Gasteiger partial charge in [0.25, 0.3) is 0 Å². The Morgan fingerprint density at radius 1 is 1.21 bits per heavy atom. The summed E-state index contributed by atoms with van der Waals surface area (Å²) in [7, 11) is 1.55. The van der Waals surface area contributed by atoms with E-state index in [1.165, 1.54) is 6.33 Å². The summed E-state index contributed by atoms with van der Waals surface area (Å²) in [6.45, 7) is 0.630. The van der Waals surface area contributed by atoms with Crippen molar-refractivity contribution >= 4 is 27.6 Å². The summed E-state index contributed by atoms with van der Waals surface area (Å²) in [4.78, 5) is 8.12. The SMILES string of the molecule is COc1c(NN)ncnc1NCc1ccc(Br)cc1. The number of hydrogen-bond acceptors (Lipinski definition) is 6. The van der Waals surface area contributed by atoms with Crippen molar-refractivity contribution in [2.24, 2.45) is 5.84 Å². The van der Waals surface area contributed by atoms with Crippen LogP contribution in [0.5, 0.6) is 5.75 Å². The predicted octanol–water partition coefficient (Wildman–Crippen LogP) is 2.15. The fourth-order valence-corrected chi connectivity index (χ4v) is 1.85. The van der Waals surface area contributed by atoms with Crippen LogP contribution in [0.3, 0.4) is 0 Å². The molecular weight excluding hydrogens is 310 g/mol. The van der Waals surface area contributed by atoms with Crippen molar-refractivity contribution in [3.63, 3.8) is 0 Å². The van der Waals surface area contributed by atoms with Crippen LogP contribution in [0.4, 0.5) is 11.6 Å². The van der Waals surface area contributed by atoms with Crippen molar-refractivity contribution in [1.29, 1.82) is 0 Å². The van der Waals surface area contributed by atoms with E-state index in [4.69, 9.17) is 10.6 Å². The maximum Gasteiger partial charge on any atom is 0.205 e. The van der Waals surface area contributed by atoms with Crippen LogP contribution in [0.25, 0.3) is 0 Å². The van der Waals surface area contributed by atoms with Crippen molar-refractivity contribution < 1.29 is 4.74 Å². The average Bonchev–Trinajstić information content (AvgIpc) is 2.46. The molecule has 7 heteroatoms. The van der Waals surface area contributed by atoms with Crippen molar-refractivity contribution in [1.82, 2.24) is 9.97 Å². The topological polar surface area (TPSA) is 85.1 Å². The number of methoxy groups -OCH3 is 1. The summed E-state index contributed by atoms with van der Waals surface area (Å²) in [5, 5.41) is 3.19. The Morgan fingerprint density at radius 2 is 1.89 bits per heavy atom. The lowest BCUT2D eigenvalue weighted by atomic mass is 10.2. The smallest absolute Gasteiger partial charge is 0.205 e. The Labute approximate surface area is 119 Å². The van der Waals surface area contributed by atoms with Gasteiger partial charge in [-0.3, -0.25) is 0 Å². The van der Waals surface area contributed by atoms with Crippen LogP contribution in [0, 0.1) is 0 Å². The first-order chi connectivity index (χ1) is 9.24. The Morgan fingerprint density at radius 3 is 2.53 bits per heavy atom. The molecule has 0 saturated carbocycles. The average molecular weight is 324 g/mol. The van der Waals surface area contributed by atoms with Crippen molar-refractivity contribution in [3.05, 3.63) is 40.6 Å². The van der Waals surface area contributed by atoms with Crippen LogP contribution < -0.4 is 21.3 Å². The molecule has 0 aliphatic carbocycles. The number of anilines is 2. The van der Waals surface area contributed by atoms with Crippen LogP contribution in [0.15, 0.2) is 35.1 Å². The lowest BCUT2D eigenvalue weighted by molar-refractivity contribution is 0.414. The number of nitrogen functional groups attached to an aromatic ring is 1. The second kappa shape index (κ2) is 6.35. The summed E-state index contributed by atoms with van der Waals surface area (Å²) in [6, 6.07) is 8.02. The lowest BCUT2D eigenvalue weighted by Crippen LogP contribution is -2.12. The van der Waals surface area contributed by atoms with E-state index in [1.807, 2.05) is 24.3 Å². The largest absolute Gasteiger partial charge is 0.490 e.